The summed E-state index contributed by atoms with van der Waals surface area (Å²) in [7, 11) is -2.37. The Labute approximate surface area is 183 Å². The monoisotopic (exact) mass is 457 g/mol. The summed E-state index contributed by atoms with van der Waals surface area (Å²) in [5.74, 6) is 1.80. The van der Waals surface area contributed by atoms with E-state index in [0.29, 0.717) is 28.9 Å². The Balaban J connectivity index is 1.47. The maximum atomic E-state index is 12.6. The number of halogens is 1. The first kappa shape index (κ1) is 20.6. The van der Waals surface area contributed by atoms with Gasteiger partial charge in [0.1, 0.15) is 30.0 Å². The van der Waals surface area contributed by atoms with Gasteiger partial charge in [-0.15, -0.1) is 0 Å². The van der Waals surface area contributed by atoms with Crippen molar-refractivity contribution >= 4 is 27.3 Å². The van der Waals surface area contributed by atoms with Crippen LogP contribution in [0.2, 0.25) is 5.02 Å². The average Bonchev–Trinajstić information content (AvgIpc) is 3.30. The summed E-state index contributed by atoms with van der Waals surface area (Å²) in [5.41, 5.74) is 0.362. The minimum atomic E-state index is -3.82. The molecule has 0 unspecified atom stereocenters. The van der Waals surface area contributed by atoms with Gasteiger partial charge in [0.2, 0.25) is 5.88 Å². The lowest BCUT2D eigenvalue weighted by atomic mass is 10.3. The van der Waals surface area contributed by atoms with Crippen LogP contribution in [0.15, 0.2) is 78.5 Å². The molecule has 0 atom stereocenters. The summed E-state index contributed by atoms with van der Waals surface area (Å²) >= 11 is 6.03. The maximum Gasteiger partial charge on any atom is 0.261 e. The third kappa shape index (κ3) is 4.76. The minimum Gasteiger partial charge on any atom is -0.495 e. The molecule has 0 aliphatic rings. The van der Waals surface area contributed by atoms with Crippen molar-refractivity contribution in [3.05, 3.63) is 78.6 Å². The number of ether oxygens (including phenoxy) is 2. The standard InChI is InChI=1S/C20H16ClN5O4S/c1-29-18-7-6-16(10-17(18)21)31(27,28)25-14-2-4-15(5-3-14)30-20-11-19(23-12-24-20)26-9-8-22-13-26/h2-13,25H,1H3. The molecule has 31 heavy (non-hydrogen) atoms. The molecule has 1 N–H and O–H groups in total. The van der Waals surface area contributed by atoms with E-state index in [2.05, 4.69) is 19.7 Å². The molecule has 0 aliphatic carbocycles. The lowest BCUT2D eigenvalue weighted by Crippen LogP contribution is -2.12. The van der Waals surface area contributed by atoms with Crippen molar-refractivity contribution in [3.8, 4) is 23.2 Å². The van der Waals surface area contributed by atoms with E-state index >= 15 is 0 Å². The first-order chi connectivity index (χ1) is 14.9. The molecule has 2 heterocycles. The van der Waals surface area contributed by atoms with E-state index in [4.69, 9.17) is 21.1 Å². The second-order valence-electron chi connectivity index (χ2n) is 6.21. The van der Waals surface area contributed by atoms with Crippen LogP contribution in [0.5, 0.6) is 17.4 Å². The van der Waals surface area contributed by atoms with E-state index in [9.17, 15) is 8.42 Å². The third-order valence-corrected chi connectivity index (χ3v) is 5.83. The van der Waals surface area contributed by atoms with Gasteiger partial charge in [-0.3, -0.25) is 9.29 Å². The minimum absolute atomic E-state index is 0.0200. The molecule has 9 nitrogen and oxygen atoms in total. The zero-order valence-corrected chi connectivity index (χ0v) is 17.7. The van der Waals surface area contributed by atoms with Crippen molar-refractivity contribution in [3.63, 3.8) is 0 Å². The first-order valence-electron chi connectivity index (χ1n) is 8.89. The van der Waals surface area contributed by atoms with E-state index in [1.807, 2.05) is 0 Å². The molecule has 0 spiro atoms. The van der Waals surface area contributed by atoms with Crippen molar-refractivity contribution in [1.82, 2.24) is 19.5 Å². The molecule has 2 aromatic carbocycles. The number of hydrogen-bond donors (Lipinski definition) is 1. The van der Waals surface area contributed by atoms with E-state index in [-0.39, 0.29) is 9.92 Å². The smallest absolute Gasteiger partial charge is 0.261 e. The Hall–Kier alpha value is -3.63. The van der Waals surface area contributed by atoms with Crippen molar-refractivity contribution in [2.45, 2.75) is 4.90 Å². The molecule has 0 amide bonds. The number of benzene rings is 2. The molecule has 4 rings (SSSR count). The van der Waals surface area contributed by atoms with E-state index in [1.54, 1.807) is 53.6 Å². The largest absolute Gasteiger partial charge is 0.495 e. The number of methoxy groups -OCH3 is 1. The predicted octanol–water partition coefficient (Wildman–Crippen LogP) is 3.92. The molecule has 0 aliphatic heterocycles. The summed E-state index contributed by atoms with van der Waals surface area (Å²) in [4.78, 5) is 12.2. The van der Waals surface area contributed by atoms with Crippen molar-refractivity contribution in [2.75, 3.05) is 11.8 Å². The third-order valence-electron chi connectivity index (χ3n) is 4.16. The number of imidazole rings is 1. The lowest BCUT2D eigenvalue weighted by Gasteiger charge is -2.11. The van der Waals surface area contributed by atoms with Gasteiger partial charge in [0, 0.05) is 24.1 Å². The van der Waals surface area contributed by atoms with Gasteiger partial charge in [-0.1, -0.05) is 11.6 Å². The Kier molecular flexibility index (Phi) is 5.74. The predicted molar refractivity (Wildman–Crippen MR) is 114 cm³/mol. The molecule has 4 aromatic rings. The Bertz CT molecular complexity index is 1300. The van der Waals surface area contributed by atoms with Gasteiger partial charge < -0.3 is 9.47 Å². The van der Waals surface area contributed by atoms with Crippen LogP contribution in [0.1, 0.15) is 0 Å². The fourth-order valence-electron chi connectivity index (χ4n) is 2.66. The Morgan fingerprint density at radius 3 is 2.55 bits per heavy atom. The van der Waals surface area contributed by atoms with Crippen molar-refractivity contribution in [2.24, 2.45) is 0 Å². The van der Waals surface area contributed by atoms with Crippen LogP contribution in [-0.2, 0) is 10.0 Å². The normalized spacial score (nSPS) is 11.2. The van der Waals surface area contributed by atoms with Gasteiger partial charge in [-0.25, -0.2) is 23.4 Å². The van der Waals surface area contributed by atoms with Crippen LogP contribution in [0.4, 0.5) is 5.69 Å². The molecule has 0 bridgehead atoms. The number of aromatic nitrogens is 4. The molecule has 0 saturated heterocycles. The molecule has 11 heteroatoms. The molecular formula is C20H16ClN5O4S. The average molecular weight is 458 g/mol. The molecule has 0 saturated carbocycles. The number of sulfonamides is 1. The highest BCUT2D eigenvalue weighted by molar-refractivity contribution is 7.92. The molecule has 2 aromatic heterocycles. The summed E-state index contributed by atoms with van der Waals surface area (Å²) < 4.78 is 40.2. The van der Waals surface area contributed by atoms with Crippen LogP contribution in [0.25, 0.3) is 5.82 Å². The number of rotatable bonds is 7. The fourth-order valence-corrected chi connectivity index (χ4v) is 4.07. The highest BCUT2D eigenvalue weighted by atomic mass is 35.5. The van der Waals surface area contributed by atoms with E-state index in [1.165, 1.54) is 31.6 Å². The first-order valence-corrected chi connectivity index (χ1v) is 10.8. The van der Waals surface area contributed by atoms with Crippen LogP contribution in [-0.4, -0.2) is 35.0 Å². The van der Waals surface area contributed by atoms with Crippen LogP contribution in [0.3, 0.4) is 0 Å². The fraction of sp³-hybridized carbons (Fsp3) is 0.0500. The summed E-state index contributed by atoms with van der Waals surface area (Å²) in [6.07, 6.45) is 6.39. The second kappa shape index (κ2) is 8.62. The number of anilines is 1. The van der Waals surface area contributed by atoms with Crippen LogP contribution >= 0.6 is 11.6 Å². The summed E-state index contributed by atoms with van der Waals surface area (Å²) in [6, 6.07) is 12.3. The van der Waals surface area contributed by atoms with Crippen LogP contribution in [0, 0.1) is 0 Å². The number of nitrogens with one attached hydrogen (secondary N) is 1. The lowest BCUT2D eigenvalue weighted by molar-refractivity contribution is 0.414. The zero-order chi connectivity index (χ0) is 21.8. The molecule has 0 fully saturated rings. The molecule has 0 radical (unpaired) electrons. The van der Waals surface area contributed by atoms with Crippen LogP contribution < -0.4 is 14.2 Å². The van der Waals surface area contributed by atoms with Gasteiger partial charge in [-0.2, -0.15) is 0 Å². The maximum absolute atomic E-state index is 12.6. The van der Waals surface area contributed by atoms with Crippen molar-refractivity contribution < 1.29 is 17.9 Å². The highest BCUT2D eigenvalue weighted by Gasteiger charge is 2.16. The Morgan fingerprint density at radius 2 is 1.87 bits per heavy atom. The summed E-state index contributed by atoms with van der Waals surface area (Å²) in [5, 5.41) is 0.203. The van der Waals surface area contributed by atoms with Gasteiger partial charge in [0.15, 0.2) is 0 Å². The number of nitrogens with zero attached hydrogens (tertiary/aromatic N) is 4. The van der Waals surface area contributed by atoms with Gasteiger partial charge >= 0.3 is 0 Å². The zero-order valence-electron chi connectivity index (χ0n) is 16.1. The quantitative estimate of drug-likeness (QED) is 0.448. The summed E-state index contributed by atoms with van der Waals surface area (Å²) in [6.45, 7) is 0. The topological polar surface area (TPSA) is 108 Å². The van der Waals surface area contributed by atoms with E-state index in [0.717, 1.165) is 0 Å². The van der Waals surface area contributed by atoms with Gasteiger partial charge in [-0.05, 0) is 42.5 Å². The van der Waals surface area contributed by atoms with Gasteiger partial charge in [0.25, 0.3) is 10.0 Å². The van der Waals surface area contributed by atoms with Gasteiger partial charge in [0.05, 0.1) is 17.0 Å². The number of hydrogen-bond acceptors (Lipinski definition) is 7. The van der Waals surface area contributed by atoms with E-state index < -0.39 is 10.0 Å². The molecular weight excluding hydrogens is 442 g/mol. The Morgan fingerprint density at radius 1 is 1.06 bits per heavy atom. The highest BCUT2D eigenvalue weighted by Crippen LogP contribution is 2.28. The van der Waals surface area contributed by atoms with Crippen molar-refractivity contribution in [1.29, 1.82) is 0 Å². The molecule has 158 valence electrons. The SMILES string of the molecule is COc1ccc(S(=O)(=O)Nc2ccc(Oc3cc(-n4ccnc4)ncn3)cc2)cc1Cl. The second-order valence-corrected chi connectivity index (χ2v) is 8.30.